The van der Waals surface area contributed by atoms with Crippen LogP contribution >= 0.6 is 0 Å². The molecule has 0 bridgehead atoms. The predicted molar refractivity (Wildman–Crippen MR) is 118 cm³/mol. The van der Waals surface area contributed by atoms with Crippen molar-refractivity contribution < 1.29 is 8.81 Å². The van der Waals surface area contributed by atoms with Crippen molar-refractivity contribution in [3.05, 3.63) is 71.9 Å². The van der Waals surface area contributed by atoms with Gasteiger partial charge in [0.15, 0.2) is 0 Å². The van der Waals surface area contributed by atoms with E-state index >= 15 is 0 Å². The van der Waals surface area contributed by atoms with Crippen molar-refractivity contribution in [2.75, 3.05) is 26.2 Å². The Morgan fingerprint density at radius 3 is 2.29 bits per heavy atom. The van der Waals surface area contributed by atoms with E-state index < -0.39 is 0 Å². The Morgan fingerprint density at radius 2 is 1.55 bits per heavy atom. The second kappa shape index (κ2) is 9.28. The van der Waals surface area contributed by atoms with Crippen molar-refractivity contribution in [2.24, 2.45) is 0 Å². The molecule has 0 amide bonds. The SMILES string of the molecule is Fc1ccccc1[C@@H](c1nnc(-c2ccccc2)o1)N1CCN(C2CCCCC2)CC1. The smallest absolute Gasteiger partial charge is 0.247 e. The molecule has 1 aliphatic heterocycles. The fourth-order valence-corrected chi connectivity index (χ4v) is 5.03. The van der Waals surface area contributed by atoms with Crippen LogP contribution in [-0.2, 0) is 0 Å². The van der Waals surface area contributed by atoms with Gasteiger partial charge in [-0.05, 0) is 31.0 Å². The van der Waals surface area contributed by atoms with Crippen LogP contribution in [0.25, 0.3) is 11.5 Å². The van der Waals surface area contributed by atoms with Crippen LogP contribution in [0.5, 0.6) is 0 Å². The van der Waals surface area contributed by atoms with Crippen LogP contribution in [0.3, 0.4) is 0 Å². The lowest BCUT2D eigenvalue weighted by atomic mass is 9.93. The molecule has 0 radical (unpaired) electrons. The van der Waals surface area contributed by atoms with Gasteiger partial charge >= 0.3 is 0 Å². The number of hydrogen-bond donors (Lipinski definition) is 0. The minimum absolute atomic E-state index is 0.235. The first-order valence-corrected chi connectivity index (χ1v) is 11.4. The van der Waals surface area contributed by atoms with Crippen LogP contribution in [0, 0.1) is 5.82 Å². The first kappa shape index (κ1) is 20.3. The highest BCUT2D eigenvalue weighted by molar-refractivity contribution is 5.51. The maximum absolute atomic E-state index is 14.9. The van der Waals surface area contributed by atoms with Gasteiger partial charge in [0.25, 0.3) is 0 Å². The quantitative estimate of drug-likeness (QED) is 0.587. The molecule has 2 aromatic carbocycles. The third-order valence-electron chi connectivity index (χ3n) is 6.70. The zero-order chi connectivity index (χ0) is 21.0. The lowest BCUT2D eigenvalue weighted by Crippen LogP contribution is -2.51. The van der Waals surface area contributed by atoms with Crippen molar-refractivity contribution in [3.8, 4) is 11.5 Å². The van der Waals surface area contributed by atoms with Crippen LogP contribution in [0.15, 0.2) is 59.0 Å². The second-order valence-electron chi connectivity index (χ2n) is 8.60. The van der Waals surface area contributed by atoms with Crippen molar-refractivity contribution in [2.45, 2.75) is 44.2 Å². The molecule has 31 heavy (non-hydrogen) atoms. The van der Waals surface area contributed by atoms with Crippen molar-refractivity contribution in [3.63, 3.8) is 0 Å². The molecule has 2 heterocycles. The summed E-state index contributed by atoms with van der Waals surface area (Å²) in [5.41, 5.74) is 1.47. The average Bonchev–Trinajstić information content (AvgIpc) is 3.32. The van der Waals surface area contributed by atoms with Gasteiger partial charge < -0.3 is 4.42 Å². The number of piperazine rings is 1. The Hall–Kier alpha value is -2.57. The van der Waals surface area contributed by atoms with Crippen molar-refractivity contribution >= 4 is 0 Å². The molecule has 5 nitrogen and oxygen atoms in total. The molecule has 1 saturated carbocycles. The molecule has 0 spiro atoms. The largest absolute Gasteiger partial charge is 0.419 e. The van der Waals surface area contributed by atoms with Gasteiger partial charge in [-0.1, -0.05) is 55.7 Å². The number of rotatable bonds is 5. The number of nitrogens with zero attached hydrogens (tertiary/aromatic N) is 4. The Labute approximate surface area is 182 Å². The van der Waals surface area contributed by atoms with Crippen LogP contribution in [0.2, 0.25) is 0 Å². The summed E-state index contributed by atoms with van der Waals surface area (Å²) in [5, 5.41) is 8.63. The van der Waals surface area contributed by atoms with E-state index in [1.54, 1.807) is 6.07 Å². The van der Waals surface area contributed by atoms with Crippen LogP contribution in [0.1, 0.15) is 49.6 Å². The zero-order valence-electron chi connectivity index (χ0n) is 17.8. The number of benzene rings is 2. The molecule has 3 aromatic rings. The standard InChI is InChI=1S/C25H29FN4O/c26-22-14-8-7-13-21(22)23(25-28-27-24(31-25)19-9-3-1-4-10-19)30-17-15-29(16-18-30)20-11-5-2-6-12-20/h1,3-4,7-10,13-14,20,23H,2,5-6,11-12,15-18H2/t23-/m0/s1. The summed E-state index contributed by atoms with van der Waals surface area (Å²) in [7, 11) is 0. The molecule has 0 unspecified atom stereocenters. The van der Waals surface area contributed by atoms with E-state index in [0.717, 1.165) is 31.7 Å². The summed E-state index contributed by atoms with van der Waals surface area (Å²) in [5.74, 6) is 0.689. The average molecular weight is 421 g/mol. The zero-order valence-corrected chi connectivity index (χ0v) is 17.8. The lowest BCUT2D eigenvalue weighted by Gasteiger charge is -2.42. The maximum Gasteiger partial charge on any atom is 0.247 e. The summed E-state index contributed by atoms with van der Waals surface area (Å²) >= 11 is 0. The minimum Gasteiger partial charge on any atom is -0.419 e. The summed E-state index contributed by atoms with van der Waals surface area (Å²) in [6, 6.07) is 17.0. The van der Waals surface area contributed by atoms with E-state index in [9.17, 15) is 4.39 Å². The monoisotopic (exact) mass is 420 g/mol. The topological polar surface area (TPSA) is 45.4 Å². The van der Waals surface area contributed by atoms with Gasteiger partial charge in [-0.3, -0.25) is 9.80 Å². The summed E-state index contributed by atoms with van der Waals surface area (Å²) in [6.07, 6.45) is 6.66. The van der Waals surface area contributed by atoms with Crippen LogP contribution in [0.4, 0.5) is 4.39 Å². The van der Waals surface area contributed by atoms with Gasteiger partial charge in [0.2, 0.25) is 11.8 Å². The summed E-state index contributed by atoms with van der Waals surface area (Å²) < 4.78 is 20.9. The van der Waals surface area contributed by atoms with E-state index in [2.05, 4.69) is 20.0 Å². The third-order valence-corrected chi connectivity index (χ3v) is 6.70. The van der Waals surface area contributed by atoms with Gasteiger partial charge in [-0.25, -0.2) is 4.39 Å². The van der Waals surface area contributed by atoms with Gasteiger partial charge in [0, 0.05) is 43.3 Å². The van der Waals surface area contributed by atoms with Crippen molar-refractivity contribution in [1.82, 2.24) is 20.0 Å². The van der Waals surface area contributed by atoms with Crippen molar-refractivity contribution in [1.29, 1.82) is 0 Å². The molecular formula is C25H29FN4O. The Bertz CT molecular complexity index is 978. The highest BCUT2D eigenvalue weighted by atomic mass is 19.1. The molecule has 162 valence electrons. The summed E-state index contributed by atoms with van der Waals surface area (Å²) in [6.45, 7) is 3.71. The fourth-order valence-electron chi connectivity index (χ4n) is 5.03. The maximum atomic E-state index is 14.9. The first-order chi connectivity index (χ1) is 15.3. The number of halogens is 1. The number of hydrogen-bond acceptors (Lipinski definition) is 5. The van der Waals surface area contributed by atoms with Gasteiger partial charge in [0.05, 0.1) is 0 Å². The number of aromatic nitrogens is 2. The molecule has 1 saturated heterocycles. The Kier molecular flexibility index (Phi) is 6.09. The summed E-state index contributed by atoms with van der Waals surface area (Å²) in [4.78, 5) is 4.91. The molecule has 2 aliphatic rings. The predicted octanol–water partition coefficient (Wildman–Crippen LogP) is 4.92. The molecule has 6 heteroatoms. The Morgan fingerprint density at radius 1 is 0.839 bits per heavy atom. The van der Waals surface area contributed by atoms with E-state index in [1.807, 2.05) is 42.5 Å². The van der Waals surface area contributed by atoms with E-state index in [1.165, 1.54) is 38.2 Å². The fraction of sp³-hybridized carbons (Fsp3) is 0.440. The first-order valence-electron chi connectivity index (χ1n) is 11.4. The Balaban J connectivity index is 1.40. The molecule has 1 aromatic heterocycles. The molecule has 1 atom stereocenters. The molecule has 0 N–H and O–H groups in total. The molecule has 5 rings (SSSR count). The lowest BCUT2D eigenvalue weighted by molar-refractivity contribution is 0.0582. The van der Waals surface area contributed by atoms with Gasteiger partial charge in [-0.2, -0.15) is 0 Å². The third kappa shape index (κ3) is 4.41. The second-order valence-corrected chi connectivity index (χ2v) is 8.60. The minimum atomic E-state index is -0.375. The highest BCUT2D eigenvalue weighted by Crippen LogP contribution is 2.33. The van der Waals surface area contributed by atoms with E-state index in [0.29, 0.717) is 23.4 Å². The van der Waals surface area contributed by atoms with E-state index in [4.69, 9.17) is 4.42 Å². The van der Waals surface area contributed by atoms with Gasteiger partial charge in [0.1, 0.15) is 11.9 Å². The van der Waals surface area contributed by atoms with E-state index in [-0.39, 0.29) is 11.9 Å². The van der Waals surface area contributed by atoms with Crippen LogP contribution < -0.4 is 0 Å². The normalized spacial score (nSPS) is 20.0. The van der Waals surface area contributed by atoms with Gasteiger partial charge in [-0.15, -0.1) is 10.2 Å². The highest BCUT2D eigenvalue weighted by Gasteiger charge is 2.34. The molecular weight excluding hydrogens is 391 g/mol. The molecule has 1 aliphatic carbocycles. The molecule has 2 fully saturated rings. The van der Waals surface area contributed by atoms with Crippen LogP contribution in [-0.4, -0.2) is 52.2 Å².